The zero-order valence-corrected chi connectivity index (χ0v) is 13.8. The second-order valence-electron chi connectivity index (χ2n) is 4.88. The summed E-state index contributed by atoms with van der Waals surface area (Å²) >= 11 is 0. The van der Waals surface area contributed by atoms with E-state index in [2.05, 4.69) is 15.5 Å². The van der Waals surface area contributed by atoms with Crippen LogP contribution in [0.3, 0.4) is 0 Å². The molecule has 0 amide bonds. The summed E-state index contributed by atoms with van der Waals surface area (Å²) < 4.78 is 27.1. The Morgan fingerprint density at radius 2 is 2.00 bits per heavy atom. The number of rotatable bonds is 8. The van der Waals surface area contributed by atoms with Crippen LogP contribution < -0.4 is 5.32 Å². The minimum Gasteiger partial charge on any atom is -0.313 e. The zero-order valence-electron chi connectivity index (χ0n) is 13.0. The van der Waals surface area contributed by atoms with Crippen molar-refractivity contribution in [2.24, 2.45) is 0 Å². The van der Waals surface area contributed by atoms with Crippen LogP contribution in [0, 0.1) is 6.92 Å². The Bertz CT molecular complexity index is 524. The van der Waals surface area contributed by atoms with Crippen molar-refractivity contribution in [3.05, 3.63) is 11.3 Å². The molecule has 0 aliphatic rings. The minimum atomic E-state index is -3.55. The van der Waals surface area contributed by atoms with Crippen LogP contribution in [0.2, 0.25) is 0 Å². The summed E-state index contributed by atoms with van der Waals surface area (Å²) in [6.07, 6.45) is 0.777. The van der Waals surface area contributed by atoms with Crippen LogP contribution in [0.25, 0.3) is 0 Å². The standard InChI is InChI=1S/C13H26N4O2S/c1-6-10(4)17(8-3)20(18,19)13-12(9-14-7-2)11(5)15-16-13/h10,14H,6-9H2,1-5H3,(H,15,16). The summed E-state index contributed by atoms with van der Waals surface area (Å²) in [7, 11) is -3.55. The lowest BCUT2D eigenvalue weighted by atomic mass is 10.2. The van der Waals surface area contributed by atoms with Gasteiger partial charge in [-0.3, -0.25) is 5.10 Å². The number of H-pyrrole nitrogens is 1. The topological polar surface area (TPSA) is 78.1 Å². The molecule has 1 aromatic heterocycles. The van der Waals surface area contributed by atoms with Crippen molar-refractivity contribution in [3.63, 3.8) is 0 Å². The third-order valence-corrected chi connectivity index (χ3v) is 5.60. The van der Waals surface area contributed by atoms with Crippen molar-refractivity contribution < 1.29 is 8.42 Å². The lowest BCUT2D eigenvalue weighted by Gasteiger charge is -2.25. The van der Waals surface area contributed by atoms with E-state index in [1.807, 2.05) is 34.6 Å². The van der Waals surface area contributed by atoms with Crippen LogP contribution in [-0.4, -0.2) is 42.1 Å². The molecule has 20 heavy (non-hydrogen) atoms. The summed E-state index contributed by atoms with van der Waals surface area (Å²) in [4.78, 5) is 0. The number of hydrogen-bond donors (Lipinski definition) is 2. The van der Waals surface area contributed by atoms with Crippen LogP contribution in [0.1, 0.15) is 45.4 Å². The molecule has 1 atom stereocenters. The van der Waals surface area contributed by atoms with Crippen molar-refractivity contribution >= 4 is 10.0 Å². The largest absolute Gasteiger partial charge is 0.313 e. The molecule has 1 aromatic rings. The van der Waals surface area contributed by atoms with Crippen LogP contribution >= 0.6 is 0 Å². The number of aromatic amines is 1. The SMILES string of the molecule is CCNCc1c(S(=O)(=O)N(CC)C(C)CC)n[nH]c1C. The number of sulfonamides is 1. The summed E-state index contributed by atoms with van der Waals surface area (Å²) in [5.74, 6) is 0. The van der Waals surface area contributed by atoms with E-state index >= 15 is 0 Å². The Kier molecular flexibility index (Phi) is 6.16. The fourth-order valence-corrected chi connectivity index (χ4v) is 4.02. The molecule has 0 spiro atoms. The molecule has 0 aliphatic carbocycles. The predicted molar refractivity (Wildman–Crippen MR) is 80.0 cm³/mol. The van der Waals surface area contributed by atoms with Gasteiger partial charge in [-0.05, 0) is 26.8 Å². The Morgan fingerprint density at radius 1 is 1.35 bits per heavy atom. The molecule has 0 aliphatic heterocycles. The molecule has 1 heterocycles. The normalized spacial score (nSPS) is 13.9. The monoisotopic (exact) mass is 302 g/mol. The highest BCUT2D eigenvalue weighted by atomic mass is 32.2. The van der Waals surface area contributed by atoms with Gasteiger partial charge in [0.1, 0.15) is 0 Å². The molecule has 116 valence electrons. The van der Waals surface area contributed by atoms with Gasteiger partial charge in [0.05, 0.1) is 0 Å². The highest BCUT2D eigenvalue weighted by Crippen LogP contribution is 2.22. The van der Waals surface area contributed by atoms with Crippen molar-refractivity contribution in [3.8, 4) is 0 Å². The molecule has 2 N–H and O–H groups in total. The van der Waals surface area contributed by atoms with Gasteiger partial charge < -0.3 is 5.32 Å². The number of aromatic nitrogens is 2. The van der Waals surface area contributed by atoms with Crippen molar-refractivity contribution in [1.82, 2.24) is 19.8 Å². The average molecular weight is 302 g/mol. The molecule has 0 fully saturated rings. The van der Waals surface area contributed by atoms with E-state index in [1.165, 1.54) is 4.31 Å². The predicted octanol–water partition coefficient (Wildman–Crippen LogP) is 1.64. The van der Waals surface area contributed by atoms with E-state index in [9.17, 15) is 8.42 Å². The van der Waals surface area contributed by atoms with Gasteiger partial charge in [0, 0.05) is 30.4 Å². The lowest BCUT2D eigenvalue weighted by molar-refractivity contribution is 0.341. The van der Waals surface area contributed by atoms with Gasteiger partial charge in [0.25, 0.3) is 10.0 Å². The average Bonchev–Trinajstić information content (AvgIpc) is 2.78. The molecule has 6 nitrogen and oxygen atoms in total. The number of hydrogen-bond acceptors (Lipinski definition) is 4. The molecule has 0 saturated heterocycles. The summed E-state index contributed by atoms with van der Waals surface area (Å²) in [5.41, 5.74) is 1.53. The first-order valence-corrected chi connectivity index (χ1v) is 8.60. The van der Waals surface area contributed by atoms with E-state index in [1.54, 1.807) is 0 Å². The van der Waals surface area contributed by atoms with E-state index < -0.39 is 10.0 Å². The maximum atomic E-state index is 12.8. The van der Waals surface area contributed by atoms with Crippen LogP contribution in [0.4, 0.5) is 0 Å². The fourth-order valence-electron chi connectivity index (χ4n) is 2.13. The Labute approximate surface area is 122 Å². The lowest BCUT2D eigenvalue weighted by Crippen LogP contribution is -2.38. The quantitative estimate of drug-likeness (QED) is 0.765. The fraction of sp³-hybridized carbons (Fsp3) is 0.769. The number of aryl methyl sites for hydroxylation is 1. The molecule has 0 radical (unpaired) electrons. The molecular weight excluding hydrogens is 276 g/mol. The second-order valence-corrected chi connectivity index (χ2v) is 6.68. The van der Waals surface area contributed by atoms with Gasteiger partial charge in [-0.25, -0.2) is 8.42 Å². The van der Waals surface area contributed by atoms with Crippen molar-refractivity contribution in [1.29, 1.82) is 0 Å². The maximum Gasteiger partial charge on any atom is 0.262 e. The molecule has 1 rings (SSSR count). The van der Waals surface area contributed by atoms with E-state index in [-0.39, 0.29) is 11.1 Å². The first-order chi connectivity index (χ1) is 9.39. The highest BCUT2D eigenvalue weighted by molar-refractivity contribution is 7.89. The van der Waals surface area contributed by atoms with Gasteiger partial charge in [0.15, 0.2) is 5.03 Å². The molecule has 0 saturated carbocycles. The first kappa shape index (κ1) is 17.1. The van der Waals surface area contributed by atoms with Gasteiger partial charge in [-0.15, -0.1) is 0 Å². The van der Waals surface area contributed by atoms with Crippen LogP contribution in [0.15, 0.2) is 5.03 Å². The van der Waals surface area contributed by atoms with Gasteiger partial charge in [0.2, 0.25) is 0 Å². The second kappa shape index (κ2) is 7.19. The van der Waals surface area contributed by atoms with Gasteiger partial charge in [-0.1, -0.05) is 20.8 Å². The Balaban J connectivity index is 3.21. The Morgan fingerprint density at radius 3 is 2.50 bits per heavy atom. The molecular formula is C13H26N4O2S. The summed E-state index contributed by atoms with van der Waals surface area (Å²) in [6.45, 7) is 11.3. The summed E-state index contributed by atoms with van der Waals surface area (Å²) in [5, 5.41) is 10.1. The van der Waals surface area contributed by atoms with Gasteiger partial charge >= 0.3 is 0 Å². The van der Waals surface area contributed by atoms with Crippen LogP contribution in [-0.2, 0) is 16.6 Å². The smallest absolute Gasteiger partial charge is 0.262 e. The zero-order chi connectivity index (χ0) is 15.3. The van der Waals surface area contributed by atoms with Crippen molar-refractivity contribution in [2.45, 2.75) is 58.7 Å². The van der Waals surface area contributed by atoms with E-state index in [0.717, 1.165) is 24.2 Å². The number of nitrogens with zero attached hydrogens (tertiary/aromatic N) is 2. The molecule has 0 aromatic carbocycles. The van der Waals surface area contributed by atoms with Gasteiger partial charge in [-0.2, -0.15) is 9.40 Å². The number of nitrogens with one attached hydrogen (secondary N) is 2. The highest BCUT2D eigenvalue weighted by Gasteiger charge is 2.31. The van der Waals surface area contributed by atoms with Crippen molar-refractivity contribution in [2.75, 3.05) is 13.1 Å². The third kappa shape index (κ3) is 3.39. The molecule has 1 unspecified atom stereocenters. The third-order valence-electron chi connectivity index (χ3n) is 3.53. The Hall–Kier alpha value is -0.920. The van der Waals surface area contributed by atoms with E-state index in [4.69, 9.17) is 0 Å². The maximum absolute atomic E-state index is 12.8. The molecule has 7 heteroatoms. The molecule has 0 bridgehead atoms. The van der Waals surface area contributed by atoms with Crippen LogP contribution in [0.5, 0.6) is 0 Å². The summed E-state index contributed by atoms with van der Waals surface area (Å²) in [6, 6.07) is -0.0333. The minimum absolute atomic E-state index is 0.0333. The first-order valence-electron chi connectivity index (χ1n) is 7.16. The van der Waals surface area contributed by atoms with E-state index in [0.29, 0.717) is 13.1 Å².